The fourth-order valence-corrected chi connectivity index (χ4v) is 2.32. The lowest BCUT2D eigenvalue weighted by molar-refractivity contribution is -0.116. The summed E-state index contributed by atoms with van der Waals surface area (Å²) in [6, 6.07) is 12.8. The van der Waals surface area contributed by atoms with Crippen molar-refractivity contribution in [2.75, 3.05) is 29.6 Å². The van der Waals surface area contributed by atoms with E-state index in [0.717, 1.165) is 16.9 Å². The molecule has 0 saturated carbocycles. The van der Waals surface area contributed by atoms with Crippen LogP contribution in [0.1, 0.15) is 18.9 Å². The molecule has 0 unspecified atom stereocenters. The van der Waals surface area contributed by atoms with E-state index >= 15 is 0 Å². The summed E-state index contributed by atoms with van der Waals surface area (Å²) in [6.07, 6.45) is 0.415. The Morgan fingerprint density at radius 1 is 0.920 bits per heavy atom. The summed E-state index contributed by atoms with van der Waals surface area (Å²) in [5.74, 6) is 0.373. The number of nitrogens with one attached hydrogen (secondary N) is 3. The van der Waals surface area contributed by atoms with Gasteiger partial charge in [-0.2, -0.15) is 0 Å². The van der Waals surface area contributed by atoms with E-state index in [1.54, 1.807) is 26.2 Å². The Hall–Kier alpha value is -3.02. The van der Waals surface area contributed by atoms with Crippen molar-refractivity contribution in [2.24, 2.45) is 0 Å². The fraction of sp³-hybridized carbons (Fsp3) is 0.263. The molecule has 3 N–H and O–H groups in total. The van der Waals surface area contributed by atoms with Crippen LogP contribution in [0.15, 0.2) is 42.5 Å². The van der Waals surface area contributed by atoms with E-state index in [-0.39, 0.29) is 18.4 Å². The number of hydrogen-bond acceptors (Lipinski definition) is 4. The van der Waals surface area contributed by atoms with Crippen LogP contribution in [0.5, 0.6) is 5.75 Å². The summed E-state index contributed by atoms with van der Waals surface area (Å²) in [5.41, 5.74) is 3.04. The van der Waals surface area contributed by atoms with Gasteiger partial charge in [-0.1, -0.05) is 25.1 Å². The Morgan fingerprint density at radius 2 is 1.56 bits per heavy atom. The molecule has 2 amide bonds. The number of carbonyl (C=O) groups excluding carboxylic acids is 2. The first-order valence-corrected chi connectivity index (χ1v) is 8.11. The minimum Gasteiger partial charge on any atom is -0.495 e. The minimum atomic E-state index is -0.188. The van der Waals surface area contributed by atoms with Crippen LogP contribution in [0.2, 0.25) is 0 Å². The zero-order valence-corrected chi connectivity index (χ0v) is 14.7. The quantitative estimate of drug-likeness (QED) is 0.721. The topological polar surface area (TPSA) is 79.5 Å². The number of methoxy groups -OCH3 is 1. The van der Waals surface area contributed by atoms with Crippen molar-refractivity contribution in [3.05, 3.63) is 48.0 Å². The first-order valence-electron chi connectivity index (χ1n) is 8.11. The van der Waals surface area contributed by atoms with E-state index in [1.165, 1.54) is 0 Å². The summed E-state index contributed by atoms with van der Waals surface area (Å²) < 4.78 is 5.22. The van der Waals surface area contributed by atoms with Crippen molar-refractivity contribution in [2.45, 2.75) is 20.3 Å². The van der Waals surface area contributed by atoms with Gasteiger partial charge >= 0.3 is 0 Å². The zero-order valence-electron chi connectivity index (χ0n) is 14.7. The number of ether oxygens (including phenoxy) is 1. The third-order valence-corrected chi connectivity index (χ3v) is 3.75. The third-order valence-electron chi connectivity index (χ3n) is 3.75. The van der Waals surface area contributed by atoms with Crippen LogP contribution < -0.4 is 20.7 Å². The number of rotatable bonds is 7. The van der Waals surface area contributed by atoms with Gasteiger partial charge in [0.15, 0.2) is 0 Å². The molecule has 0 spiro atoms. The van der Waals surface area contributed by atoms with Gasteiger partial charge in [0.25, 0.3) is 0 Å². The molecular weight excluding hydrogens is 318 g/mol. The highest BCUT2D eigenvalue weighted by molar-refractivity contribution is 5.96. The van der Waals surface area contributed by atoms with E-state index in [0.29, 0.717) is 17.9 Å². The molecule has 2 aromatic rings. The van der Waals surface area contributed by atoms with Gasteiger partial charge in [-0.3, -0.25) is 9.59 Å². The molecule has 0 radical (unpaired) electrons. The number of carbonyl (C=O) groups is 2. The predicted octanol–water partition coefficient (Wildman–Crippen LogP) is 3.40. The minimum absolute atomic E-state index is 0.0471. The Balaban J connectivity index is 2.00. The van der Waals surface area contributed by atoms with Crippen LogP contribution in [-0.4, -0.2) is 25.5 Å². The van der Waals surface area contributed by atoms with E-state index in [1.807, 2.05) is 37.3 Å². The van der Waals surface area contributed by atoms with Gasteiger partial charge in [0.1, 0.15) is 5.75 Å². The average molecular weight is 341 g/mol. The number of para-hydroxylation sites is 2. The van der Waals surface area contributed by atoms with Crippen molar-refractivity contribution in [3.63, 3.8) is 0 Å². The van der Waals surface area contributed by atoms with Crippen LogP contribution in [0, 0.1) is 6.92 Å². The Labute approximate surface area is 147 Å². The second kappa shape index (κ2) is 8.73. The summed E-state index contributed by atoms with van der Waals surface area (Å²) in [6.45, 7) is 3.80. The Bertz CT molecular complexity index is 759. The number of benzene rings is 2. The maximum absolute atomic E-state index is 12.2. The van der Waals surface area contributed by atoms with E-state index in [9.17, 15) is 9.59 Å². The first-order chi connectivity index (χ1) is 12.0. The molecule has 132 valence electrons. The monoisotopic (exact) mass is 341 g/mol. The van der Waals surface area contributed by atoms with Crippen molar-refractivity contribution in [3.8, 4) is 5.75 Å². The van der Waals surface area contributed by atoms with E-state index in [2.05, 4.69) is 16.0 Å². The highest BCUT2D eigenvalue weighted by Crippen LogP contribution is 2.24. The molecule has 0 bridgehead atoms. The lowest BCUT2D eigenvalue weighted by atomic mass is 10.1. The molecule has 0 atom stereocenters. The van der Waals surface area contributed by atoms with Gasteiger partial charge in [0, 0.05) is 17.8 Å². The second-order valence-electron chi connectivity index (χ2n) is 5.48. The zero-order chi connectivity index (χ0) is 18.2. The van der Waals surface area contributed by atoms with Gasteiger partial charge in [-0.15, -0.1) is 0 Å². The maximum atomic E-state index is 12.2. The van der Waals surface area contributed by atoms with Crippen molar-refractivity contribution >= 4 is 28.9 Å². The summed E-state index contributed by atoms with van der Waals surface area (Å²) in [7, 11) is 1.56. The fourth-order valence-electron chi connectivity index (χ4n) is 2.32. The highest BCUT2D eigenvalue weighted by Gasteiger charge is 2.09. The Kier molecular flexibility index (Phi) is 6.39. The van der Waals surface area contributed by atoms with E-state index < -0.39 is 0 Å². The molecule has 2 aromatic carbocycles. The smallest absolute Gasteiger partial charge is 0.243 e. The van der Waals surface area contributed by atoms with Crippen molar-refractivity contribution in [1.82, 2.24) is 0 Å². The van der Waals surface area contributed by atoms with Crippen LogP contribution in [0.25, 0.3) is 0 Å². The predicted molar refractivity (Wildman–Crippen MR) is 100 cm³/mol. The largest absolute Gasteiger partial charge is 0.495 e. The summed E-state index contributed by atoms with van der Waals surface area (Å²) >= 11 is 0. The normalized spacial score (nSPS) is 10.0. The second-order valence-corrected chi connectivity index (χ2v) is 5.48. The summed E-state index contributed by atoms with van der Waals surface area (Å²) in [4.78, 5) is 23.7. The number of amides is 2. The van der Waals surface area contributed by atoms with Crippen LogP contribution >= 0.6 is 0 Å². The molecular formula is C19H23N3O3. The Morgan fingerprint density at radius 3 is 2.28 bits per heavy atom. The molecule has 0 aromatic heterocycles. The van der Waals surface area contributed by atoms with Gasteiger partial charge in [-0.25, -0.2) is 0 Å². The lowest BCUT2D eigenvalue weighted by Gasteiger charge is -2.14. The van der Waals surface area contributed by atoms with E-state index in [4.69, 9.17) is 4.74 Å². The molecule has 0 fully saturated rings. The molecule has 0 aliphatic heterocycles. The molecule has 0 aliphatic rings. The van der Waals surface area contributed by atoms with Gasteiger partial charge in [-0.05, 0) is 36.8 Å². The molecule has 25 heavy (non-hydrogen) atoms. The first kappa shape index (κ1) is 18.3. The number of anilines is 3. The molecule has 2 rings (SSSR count). The third kappa shape index (κ3) is 4.97. The van der Waals surface area contributed by atoms with Crippen molar-refractivity contribution in [1.29, 1.82) is 0 Å². The van der Waals surface area contributed by atoms with Gasteiger partial charge in [0.05, 0.1) is 19.3 Å². The van der Waals surface area contributed by atoms with Crippen LogP contribution in [-0.2, 0) is 9.59 Å². The van der Waals surface area contributed by atoms with Crippen LogP contribution in [0.4, 0.5) is 17.1 Å². The molecule has 0 heterocycles. The molecule has 0 saturated heterocycles. The molecule has 6 heteroatoms. The summed E-state index contributed by atoms with van der Waals surface area (Å²) in [5, 5.41) is 8.76. The lowest BCUT2D eigenvalue weighted by Crippen LogP contribution is -2.22. The van der Waals surface area contributed by atoms with Gasteiger partial charge in [0.2, 0.25) is 11.8 Å². The van der Waals surface area contributed by atoms with Crippen LogP contribution in [0.3, 0.4) is 0 Å². The van der Waals surface area contributed by atoms with Crippen molar-refractivity contribution < 1.29 is 14.3 Å². The maximum Gasteiger partial charge on any atom is 0.243 e. The molecule has 6 nitrogen and oxygen atoms in total. The SMILES string of the molecule is CCC(=O)Nc1cccc(NCC(=O)Nc2ccccc2OC)c1C. The molecule has 0 aliphatic carbocycles. The van der Waals surface area contributed by atoms with Gasteiger partial charge < -0.3 is 20.7 Å². The standard InChI is InChI=1S/C19H23N3O3/c1-4-18(23)21-15-10-7-9-14(13(15)2)20-12-19(24)22-16-8-5-6-11-17(16)25-3/h5-11,20H,4,12H2,1-3H3,(H,21,23)(H,22,24). The number of hydrogen-bond donors (Lipinski definition) is 3. The average Bonchev–Trinajstić information content (AvgIpc) is 2.62. The highest BCUT2D eigenvalue weighted by atomic mass is 16.5.